The number of nitro groups is 1. The first kappa shape index (κ1) is 23.3. The number of nitrogens with one attached hydrogen (secondary N) is 1. The van der Waals surface area contributed by atoms with Gasteiger partial charge in [0.05, 0.1) is 28.1 Å². The number of nitriles is 1. The Kier molecular flexibility index (Phi) is 6.50. The smallest absolute Gasteiger partial charge is 0.269 e. The summed E-state index contributed by atoms with van der Waals surface area (Å²) < 4.78 is 0. The van der Waals surface area contributed by atoms with Gasteiger partial charge in [0.15, 0.2) is 0 Å². The first-order chi connectivity index (χ1) is 17.5. The second-order valence-electron chi connectivity index (χ2n) is 9.08. The summed E-state index contributed by atoms with van der Waals surface area (Å²) in [5, 5.41) is 24.1. The lowest BCUT2D eigenvalue weighted by atomic mass is 9.83. The first-order valence-corrected chi connectivity index (χ1v) is 12.0. The highest BCUT2D eigenvalue weighted by Crippen LogP contribution is 2.39. The lowest BCUT2D eigenvalue weighted by molar-refractivity contribution is -0.384. The molecule has 3 heterocycles. The molecule has 1 amide bonds. The number of anilines is 2. The van der Waals surface area contributed by atoms with Crippen LogP contribution in [0.3, 0.4) is 0 Å². The van der Waals surface area contributed by atoms with E-state index >= 15 is 0 Å². The molecule has 2 aliphatic heterocycles. The van der Waals surface area contributed by atoms with Gasteiger partial charge < -0.3 is 15.1 Å². The number of hydrogen-bond acceptors (Lipinski definition) is 7. The summed E-state index contributed by atoms with van der Waals surface area (Å²) in [7, 11) is 0. The predicted molar refractivity (Wildman–Crippen MR) is 136 cm³/mol. The minimum absolute atomic E-state index is 0.0306. The average Bonchev–Trinajstić information content (AvgIpc) is 2.92. The van der Waals surface area contributed by atoms with Crippen LogP contribution >= 0.6 is 0 Å². The second-order valence-corrected chi connectivity index (χ2v) is 9.08. The molecular formula is C27H26N6O3. The van der Waals surface area contributed by atoms with Crippen molar-refractivity contribution >= 4 is 23.0 Å². The van der Waals surface area contributed by atoms with E-state index in [1.165, 1.54) is 6.07 Å². The van der Waals surface area contributed by atoms with E-state index in [-0.39, 0.29) is 23.6 Å². The lowest BCUT2D eigenvalue weighted by Crippen LogP contribution is -2.61. The van der Waals surface area contributed by atoms with Crippen molar-refractivity contribution in [1.82, 2.24) is 10.3 Å². The van der Waals surface area contributed by atoms with Crippen LogP contribution in [0.4, 0.5) is 17.1 Å². The molecule has 182 valence electrons. The van der Waals surface area contributed by atoms with E-state index in [1.807, 2.05) is 36.4 Å². The molecule has 0 unspecified atom stereocenters. The third-order valence-corrected chi connectivity index (χ3v) is 7.01. The summed E-state index contributed by atoms with van der Waals surface area (Å²) in [6.45, 7) is 2.36. The summed E-state index contributed by atoms with van der Waals surface area (Å²) in [5.74, 6) is -0.464. The number of aromatic nitrogens is 1. The minimum atomic E-state index is -0.398. The monoisotopic (exact) mass is 482 g/mol. The number of fused-ring (bicyclic) bond motifs is 3. The average molecular weight is 483 g/mol. The van der Waals surface area contributed by atoms with Crippen LogP contribution in [0, 0.1) is 27.4 Å². The van der Waals surface area contributed by atoms with Gasteiger partial charge in [-0.15, -0.1) is 0 Å². The maximum Gasteiger partial charge on any atom is 0.269 e. The fourth-order valence-corrected chi connectivity index (χ4v) is 5.28. The number of benzene rings is 2. The van der Waals surface area contributed by atoms with Crippen LogP contribution in [-0.2, 0) is 17.6 Å². The predicted octanol–water partition coefficient (Wildman–Crippen LogP) is 3.09. The van der Waals surface area contributed by atoms with Gasteiger partial charge in [-0.2, -0.15) is 5.26 Å². The molecule has 2 aliphatic rings. The van der Waals surface area contributed by atoms with E-state index in [4.69, 9.17) is 0 Å². The summed E-state index contributed by atoms with van der Waals surface area (Å²) in [6.07, 6.45) is 2.77. The molecule has 0 radical (unpaired) electrons. The van der Waals surface area contributed by atoms with Crippen LogP contribution in [0.5, 0.6) is 0 Å². The molecule has 1 saturated heterocycles. The highest BCUT2D eigenvalue weighted by Gasteiger charge is 2.42. The fraction of sp³-hybridized carbons (Fsp3) is 0.296. The van der Waals surface area contributed by atoms with E-state index in [0.717, 1.165) is 22.6 Å². The van der Waals surface area contributed by atoms with E-state index in [9.17, 15) is 20.2 Å². The van der Waals surface area contributed by atoms with Crippen LogP contribution in [0.1, 0.15) is 16.8 Å². The van der Waals surface area contributed by atoms with Crippen molar-refractivity contribution < 1.29 is 9.72 Å². The number of pyridine rings is 1. The highest BCUT2D eigenvalue weighted by atomic mass is 16.6. The maximum absolute atomic E-state index is 13.5. The van der Waals surface area contributed by atoms with Crippen molar-refractivity contribution in [3.05, 3.63) is 93.8 Å². The number of piperazine rings is 1. The number of hydrogen-bond donors (Lipinski definition) is 1. The molecule has 5 rings (SSSR count). The van der Waals surface area contributed by atoms with Crippen molar-refractivity contribution in [2.45, 2.75) is 18.9 Å². The van der Waals surface area contributed by atoms with Gasteiger partial charge in [-0.1, -0.05) is 18.2 Å². The van der Waals surface area contributed by atoms with Crippen LogP contribution < -0.4 is 15.1 Å². The number of carbonyl (C=O) groups is 1. The fourth-order valence-electron chi connectivity index (χ4n) is 5.28. The largest absolute Gasteiger partial charge is 0.367 e. The topological polar surface area (TPSA) is 115 Å². The Labute approximate surface area is 209 Å². The molecule has 1 N–H and O–H groups in total. The number of carbonyl (C=O) groups excluding carboxylic acids is 1. The summed E-state index contributed by atoms with van der Waals surface area (Å²) in [6, 6.07) is 20.3. The number of nitro benzene ring substituents is 1. The van der Waals surface area contributed by atoms with Crippen LogP contribution in [-0.4, -0.2) is 48.0 Å². The van der Waals surface area contributed by atoms with Crippen LogP contribution in [0.15, 0.2) is 66.9 Å². The van der Waals surface area contributed by atoms with E-state index in [2.05, 4.69) is 26.2 Å². The summed E-state index contributed by atoms with van der Waals surface area (Å²) in [5.41, 5.74) is 4.16. The molecular weight excluding hydrogens is 456 g/mol. The van der Waals surface area contributed by atoms with E-state index in [1.54, 1.807) is 24.4 Å². The molecule has 0 bridgehead atoms. The molecule has 0 spiro atoms. The first-order valence-electron chi connectivity index (χ1n) is 12.0. The zero-order valence-corrected chi connectivity index (χ0v) is 19.7. The Hall–Kier alpha value is -4.45. The van der Waals surface area contributed by atoms with Gasteiger partial charge in [-0.3, -0.25) is 19.9 Å². The standard InChI is InChI=1S/C27H26N6O3/c28-17-19-5-1-2-7-24(19)31-13-14-32-25-9-8-22(33(35)36)15-20(25)16-23(26(32)18-31)27(34)30-12-10-21-6-3-4-11-29-21/h1-9,11,15,23,26H,10,12-14,16,18H2,(H,30,34)/t23-,26+/m0/s1. The van der Waals surface area contributed by atoms with Gasteiger partial charge in [0.25, 0.3) is 5.69 Å². The quantitative estimate of drug-likeness (QED) is 0.424. The number of amides is 1. The number of rotatable bonds is 6. The Bertz CT molecular complexity index is 1320. The second kappa shape index (κ2) is 10.0. The zero-order chi connectivity index (χ0) is 25.1. The lowest BCUT2D eigenvalue weighted by Gasteiger charge is -2.49. The minimum Gasteiger partial charge on any atom is -0.367 e. The van der Waals surface area contributed by atoms with Gasteiger partial charge in [0.1, 0.15) is 6.07 Å². The van der Waals surface area contributed by atoms with Crippen molar-refractivity contribution in [3.63, 3.8) is 0 Å². The van der Waals surface area contributed by atoms with Crippen molar-refractivity contribution in [2.75, 3.05) is 36.0 Å². The number of nitrogens with zero attached hydrogens (tertiary/aromatic N) is 5. The molecule has 9 heteroatoms. The van der Waals surface area contributed by atoms with Crippen LogP contribution in [0.25, 0.3) is 0 Å². The van der Waals surface area contributed by atoms with Gasteiger partial charge >= 0.3 is 0 Å². The molecule has 2 aromatic carbocycles. The number of para-hydroxylation sites is 1. The van der Waals surface area contributed by atoms with E-state index < -0.39 is 4.92 Å². The molecule has 36 heavy (non-hydrogen) atoms. The summed E-state index contributed by atoms with van der Waals surface area (Å²) >= 11 is 0. The normalized spacial score (nSPS) is 18.5. The molecule has 9 nitrogen and oxygen atoms in total. The third kappa shape index (κ3) is 4.58. The van der Waals surface area contributed by atoms with Crippen molar-refractivity contribution in [3.8, 4) is 6.07 Å². The van der Waals surface area contributed by atoms with Gasteiger partial charge in [0.2, 0.25) is 5.91 Å². The molecule has 1 aromatic heterocycles. The maximum atomic E-state index is 13.5. The molecule has 0 saturated carbocycles. The molecule has 1 fully saturated rings. The zero-order valence-electron chi connectivity index (χ0n) is 19.7. The number of non-ortho nitro benzene ring substituents is 1. The van der Waals surface area contributed by atoms with E-state index in [0.29, 0.717) is 44.6 Å². The van der Waals surface area contributed by atoms with Crippen molar-refractivity contribution in [1.29, 1.82) is 5.26 Å². The highest BCUT2D eigenvalue weighted by molar-refractivity contribution is 5.82. The Morgan fingerprint density at radius 2 is 1.97 bits per heavy atom. The Morgan fingerprint density at radius 3 is 2.75 bits per heavy atom. The third-order valence-electron chi connectivity index (χ3n) is 7.01. The van der Waals surface area contributed by atoms with Gasteiger partial charge in [0, 0.05) is 62.3 Å². The molecule has 0 aliphatic carbocycles. The Balaban J connectivity index is 1.41. The Morgan fingerprint density at radius 1 is 1.14 bits per heavy atom. The SMILES string of the molecule is N#Cc1ccccc1N1CCN2c3ccc([N+](=O)[O-])cc3C[C@H](C(=O)NCCc3ccccn3)[C@H]2C1. The summed E-state index contributed by atoms with van der Waals surface area (Å²) in [4.78, 5) is 33.2. The van der Waals surface area contributed by atoms with Gasteiger partial charge in [-0.25, -0.2) is 0 Å². The van der Waals surface area contributed by atoms with Crippen LogP contribution in [0.2, 0.25) is 0 Å². The molecule has 2 atom stereocenters. The van der Waals surface area contributed by atoms with Gasteiger partial charge in [-0.05, 0) is 42.3 Å². The molecule has 3 aromatic rings. The van der Waals surface area contributed by atoms with Crippen molar-refractivity contribution in [2.24, 2.45) is 5.92 Å².